The zero-order valence-electron chi connectivity index (χ0n) is 14.1. The van der Waals surface area contributed by atoms with E-state index in [4.69, 9.17) is 4.74 Å². The number of ether oxygens (including phenoxy) is 1. The van der Waals surface area contributed by atoms with Crippen molar-refractivity contribution in [2.24, 2.45) is 0 Å². The van der Waals surface area contributed by atoms with Crippen LogP contribution in [0.1, 0.15) is 25.9 Å². The maximum atomic E-state index is 12.3. The van der Waals surface area contributed by atoms with Gasteiger partial charge in [-0.15, -0.1) is 11.3 Å². The highest BCUT2D eigenvalue weighted by Gasteiger charge is 2.15. The zero-order chi connectivity index (χ0) is 17.5. The summed E-state index contributed by atoms with van der Waals surface area (Å²) in [4.78, 5) is 17.5. The van der Waals surface area contributed by atoms with Crippen LogP contribution < -0.4 is 10.1 Å². The van der Waals surface area contributed by atoms with Gasteiger partial charge >= 0.3 is 0 Å². The van der Waals surface area contributed by atoms with E-state index in [9.17, 15) is 4.79 Å². The van der Waals surface area contributed by atoms with Gasteiger partial charge in [-0.3, -0.25) is 4.79 Å². The molecule has 0 radical (unpaired) electrons. The predicted octanol–water partition coefficient (Wildman–Crippen LogP) is 3.85. The molecule has 1 amide bonds. The lowest BCUT2D eigenvalue weighted by Crippen LogP contribution is -2.27. The van der Waals surface area contributed by atoms with Gasteiger partial charge in [-0.25, -0.2) is 4.98 Å². The number of nitrogens with zero attached hydrogens (tertiary/aromatic N) is 1. The van der Waals surface area contributed by atoms with Gasteiger partial charge in [-0.2, -0.15) is 0 Å². The molecular formula is C20H20N2O2S. The summed E-state index contributed by atoms with van der Waals surface area (Å²) in [6.07, 6.45) is 0.747. The summed E-state index contributed by atoms with van der Waals surface area (Å²) in [5.41, 5.74) is 1.97. The lowest BCUT2D eigenvalue weighted by atomic mass is 10.2. The first kappa shape index (κ1) is 17.2. The van der Waals surface area contributed by atoms with Crippen LogP contribution in [0.25, 0.3) is 0 Å². The van der Waals surface area contributed by atoms with Gasteiger partial charge in [0.1, 0.15) is 17.2 Å². The van der Waals surface area contributed by atoms with Crippen molar-refractivity contribution < 1.29 is 9.53 Å². The van der Waals surface area contributed by atoms with Crippen LogP contribution in [0.3, 0.4) is 0 Å². The number of carbonyl (C=O) groups excluding carboxylic acids is 1. The minimum absolute atomic E-state index is 0.0917. The van der Waals surface area contributed by atoms with E-state index in [1.807, 2.05) is 55.5 Å². The van der Waals surface area contributed by atoms with E-state index < -0.39 is 0 Å². The molecule has 0 spiro atoms. The highest BCUT2D eigenvalue weighted by Crippen LogP contribution is 2.20. The number of benzene rings is 2. The smallest absolute Gasteiger partial charge is 0.263 e. The van der Waals surface area contributed by atoms with Crippen molar-refractivity contribution in [3.05, 3.63) is 81.8 Å². The van der Waals surface area contributed by atoms with Crippen molar-refractivity contribution in [2.45, 2.75) is 13.3 Å². The quantitative estimate of drug-likeness (QED) is 0.657. The van der Waals surface area contributed by atoms with Crippen LogP contribution in [0.4, 0.5) is 0 Å². The van der Waals surface area contributed by atoms with Crippen molar-refractivity contribution in [1.82, 2.24) is 10.3 Å². The lowest BCUT2D eigenvalue weighted by molar-refractivity contribution is 0.0950. The van der Waals surface area contributed by atoms with Gasteiger partial charge in [0.05, 0.1) is 17.2 Å². The highest BCUT2D eigenvalue weighted by atomic mass is 32.1. The second-order valence-electron chi connectivity index (χ2n) is 5.60. The summed E-state index contributed by atoms with van der Waals surface area (Å²) >= 11 is 1.45. The third-order valence-electron chi connectivity index (χ3n) is 3.64. The van der Waals surface area contributed by atoms with Gasteiger partial charge in [0, 0.05) is 6.42 Å². The largest absolute Gasteiger partial charge is 0.492 e. The van der Waals surface area contributed by atoms with Gasteiger partial charge < -0.3 is 10.1 Å². The average Bonchev–Trinajstić information content (AvgIpc) is 3.00. The Morgan fingerprint density at radius 2 is 1.76 bits per heavy atom. The monoisotopic (exact) mass is 352 g/mol. The van der Waals surface area contributed by atoms with Gasteiger partial charge in [0.15, 0.2) is 0 Å². The van der Waals surface area contributed by atoms with E-state index in [-0.39, 0.29) is 5.91 Å². The summed E-state index contributed by atoms with van der Waals surface area (Å²) in [5, 5.41) is 3.85. The normalized spacial score (nSPS) is 10.4. The van der Waals surface area contributed by atoms with Crippen molar-refractivity contribution in [3.8, 4) is 5.75 Å². The first-order valence-corrected chi connectivity index (χ1v) is 9.00. The summed E-state index contributed by atoms with van der Waals surface area (Å²) in [7, 11) is 0. The molecular weight excluding hydrogens is 332 g/mol. The molecule has 4 nitrogen and oxygen atoms in total. The first-order valence-electron chi connectivity index (χ1n) is 8.18. The fourth-order valence-corrected chi connectivity index (χ4v) is 3.45. The third-order valence-corrected chi connectivity index (χ3v) is 4.80. The van der Waals surface area contributed by atoms with Crippen molar-refractivity contribution in [2.75, 3.05) is 13.2 Å². The molecule has 1 N–H and O–H groups in total. The Labute approximate surface area is 151 Å². The molecule has 1 aromatic heterocycles. The number of nitrogens with one attached hydrogen (secondary N) is 1. The standard InChI is InChI=1S/C20H20N2O2S/c1-15-19(25-18(22-15)14-16-8-4-2-5-9-16)20(23)21-12-13-24-17-10-6-3-7-11-17/h2-11H,12-14H2,1H3,(H,21,23). The maximum absolute atomic E-state index is 12.3. The van der Waals surface area contributed by atoms with Gasteiger partial charge in [0.2, 0.25) is 0 Å². The molecule has 5 heteroatoms. The molecule has 0 aliphatic rings. The van der Waals surface area contributed by atoms with Gasteiger partial charge in [-0.1, -0.05) is 48.5 Å². The molecule has 0 saturated carbocycles. The Morgan fingerprint density at radius 3 is 2.48 bits per heavy atom. The minimum Gasteiger partial charge on any atom is -0.492 e. The number of carbonyl (C=O) groups is 1. The number of para-hydroxylation sites is 1. The molecule has 0 unspecified atom stereocenters. The molecule has 2 aromatic carbocycles. The Morgan fingerprint density at radius 1 is 1.08 bits per heavy atom. The molecule has 0 atom stereocenters. The third kappa shape index (κ3) is 4.90. The van der Waals surface area contributed by atoms with Gasteiger partial charge in [-0.05, 0) is 24.6 Å². The van der Waals surface area contributed by atoms with Crippen LogP contribution >= 0.6 is 11.3 Å². The van der Waals surface area contributed by atoms with Crippen molar-refractivity contribution in [1.29, 1.82) is 0 Å². The molecule has 3 rings (SSSR count). The molecule has 3 aromatic rings. The van der Waals surface area contributed by atoms with E-state index in [1.165, 1.54) is 16.9 Å². The fraction of sp³-hybridized carbons (Fsp3) is 0.200. The number of amides is 1. The number of rotatable bonds is 7. The van der Waals surface area contributed by atoms with E-state index in [1.54, 1.807) is 0 Å². The Balaban J connectivity index is 1.52. The second kappa shape index (κ2) is 8.44. The Hall–Kier alpha value is -2.66. The summed E-state index contributed by atoms with van der Waals surface area (Å²) in [6, 6.07) is 19.7. The average molecular weight is 352 g/mol. The van der Waals surface area contributed by atoms with Crippen LogP contribution in [0.2, 0.25) is 0 Å². The number of aryl methyl sites for hydroxylation is 1. The first-order chi connectivity index (χ1) is 12.2. The second-order valence-corrected chi connectivity index (χ2v) is 6.69. The zero-order valence-corrected chi connectivity index (χ0v) is 14.9. The van der Waals surface area contributed by atoms with E-state index in [0.29, 0.717) is 18.0 Å². The summed E-state index contributed by atoms with van der Waals surface area (Å²) < 4.78 is 5.58. The number of hydrogen-bond donors (Lipinski definition) is 1. The van der Waals surface area contributed by atoms with Crippen LogP contribution in [0, 0.1) is 6.92 Å². The Bertz CT molecular complexity index is 816. The molecule has 128 valence electrons. The van der Waals surface area contributed by atoms with Gasteiger partial charge in [0.25, 0.3) is 5.91 Å². The number of aromatic nitrogens is 1. The Kier molecular flexibility index (Phi) is 5.80. The molecule has 1 heterocycles. The highest BCUT2D eigenvalue weighted by molar-refractivity contribution is 7.13. The predicted molar refractivity (Wildman–Crippen MR) is 100 cm³/mol. The van der Waals surface area contributed by atoms with E-state index >= 15 is 0 Å². The van der Waals surface area contributed by atoms with E-state index in [2.05, 4.69) is 22.4 Å². The number of thiazole rings is 1. The van der Waals surface area contributed by atoms with Crippen LogP contribution in [-0.2, 0) is 6.42 Å². The summed E-state index contributed by atoms with van der Waals surface area (Å²) in [6.45, 7) is 2.77. The SMILES string of the molecule is Cc1nc(Cc2ccccc2)sc1C(=O)NCCOc1ccccc1. The van der Waals surface area contributed by atoms with Crippen LogP contribution in [0.5, 0.6) is 5.75 Å². The minimum atomic E-state index is -0.0917. The van der Waals surface area contributed by atoms with Crippen LogP contribution in [0.15, 0.2) is 60.7 Å². The lowest BCUT2D eigenvalue weighted by Gasteiger charge is -2.07. The summed E-state index contributed by atoms with van der Waals surface area (Å²) in [5.74, 6) is 0.710. The van der Waals surface area contributed by atoms with Crippen molar-refractivity contribution >= 4 is 17.2 Å². The molecule has 0 aliphatic carbocycles. The molecule has 0 saturated heterocycles. The molecule has 0 fully saturated rings. The number of hydrogen-bond acceptors (Lipinski definition) is 4. The van der Waals surface area contributed by atoms with Crippen LogP contribution in [-0.4, -0.2) is 24.0 Å². The molecule has 0 bridgehead atoms. The van der Waals surface area contributed by atoms with E-state index in [0.717, 1.165) is 22.9 Å². The van der Waals surface area contributed by atoms with Crippen molar-refractivity contribution in [3.63, 3.8) is 0 Å². The fourth-order valence-electron chi connectivity index (χ4n) is 2.44. The molecule has 0 aliphatic heterocycles. The molecule has 25 heavy (non-hydrogen) atoms. The maximum Gasteiger partial charge on any atom is 0.263 e. The topological polar surface area (TPSA) is 51.2 Å².